The molecule has 1 aromatic heterocycles. The van der Waals surface area contributed by atoms with Crippen LogP contribution in [0.1, 0.15) is 16.7 Å². The number of rotatable bonds is 10. The second kappa shape index (κ2) is 12.3. The Labute approximate surface area is 194 Å². The van der Waals surface area contributed by atoms with Gasteiger partial charge in [-0.25, -0.2) is 5.43 Å². The van der Waals surface area contributed by atoms with Crippen molar-refractivity contribution in [3.8, 4) is 5.75 Å². The van der Waals surface area contributed by atoms with Crippen molar-refractivity contribution in [2.45, 2.75) is 21.4 Å². The molecule has 0 saturated heterocycles. The summed E-state index contributed by atoms with van der Waals surface area (Å²) in [6, 6.07) is 16.1. The zero-order chi connectivity index (χ0) is 21.9. The summed E-state index contributed by atoms with van der Waals surface area (Å²) in [5.41, 5.74) is 5.94. The Hall–Kier alpha value is -2.62. The van der Waals surface area contributed by atoms with E-state index >= 15 is 0 Å². The molecule has 9 heteroatoms. The van der Waals surface area contributed by atoms with E-state index in [4.69, 9.17) is 4.74 Å². The van der Waals surface area contributed by atoms with Crippen LogP contribution in [-0.2, 0) is 10.5 Å². The number of carbonyl (C=O) groups is 1. The van der Waals surface area contributed by atoms with E-state index in [1.54, 1.807) is 24.9 Å². The van der Waals surface area contributed by atoms with Crippen LogP contribution >= 0.6 is 34.9 Å². The van der Waals surface area contributed by atoms with Crippen LogP contribution in [-0.4, -0.2) is 35.2 Å². The summed E-state index contributed by atoms with van der Waals surface area (Å²) in [6.45, 7) is 2.07. The van der Waals surface area contributed by atoms with Gasteiger partial charge in [0.05, 0.1) is 12.9 Å². The van der Waals surface area contributed by atoms with Crippen molar-refractivity contribution in [3.63, 3.8) is 0 Å². The number of aromatic nitrogens is 2. The normalized spacial score (nSPS) is 11.3. The van der Waals surface area contributed by atoms with Crippen LogP contribution in [0, 0.1) is 6.92 Å². The lowest BCUT2D eigenvalue weighted by Crippen LogP contribution is -2.19. The Bertz CT molecular complexity index is 1050. The standard InChI is InChI=1S/C22H22N4O2S3/c1-16-9-11-17(12-10-16)14-29-21-25-26-22(31-21)30-15-20(27)24-23-13-5-7-18-6-3-4-8-19(18)28-2/h3-13H,14-15H2,1-2H3,(H,24,27). The number of allylic oxidation sites excluding steroid dienone is 1. The average Bonchev–Trinajstić information content (AvgIpc) is 3.25. The molecule has 0 spiro atoms. The number of carbonyl (C=O) groups excluding carboxylic acids is 1. The summed E-state index contributed by atoms with van der Waals surface area (Å²) in [5, 5.41) is 12.3. The third kappa shape index (κ3) is 7.86. The lowest BCUT2D eigenvalue weighted by Gasteiger charge is -2.02. The lowest BCUT2D eigenvalue weighted by molar-refractivity contribution is -0.118. The second-order valence-electron chi connectivity index (χ2n) is 6.31. The van der Waals surface area contributed by atoms with Crippen molar-refractivity contribution in [1.29, 1.82) is 0 Å². The summed E-state index contributed by atoms with van der Waals surface area (Å²) in [6.07, 6.45) is 5.13. The van der Waals surface area contributed by atoms with Crippen LogP contribution in [0.25, 0.3) is 6.08 Å². The van der Waals surface area contributed by atoms with Gasteiger partial charge >= 0.3 is 0 Å². The fourth-order valence-corrected chi connectivity index (χ4v) is 5.17. The van der Waals surface area contributed by atoms with Crippen LogP contribution in [0.2, 0.25) is 0 Å². The number of thioether (sulfide) groups is 2. The second-order valence-corrected chi connectivity index (χ2v) is 9.73. The molecule has 1 heterocycles. The minimum atomic E-state index is -0.198. The van der Waals surface area contributed by atoms with Gasteiger partial charge in [0.1, 0.15) is 5.75 Å². The molecule has 3 aromatic rings. The van der Waals surface area contributed by atoms with Gasteiger partial charge in [-0.15, -0.1) is 10.2 Å². The van der Waals surface area contributed by atoms with Crippen molar-refractivity contribution >= 4 is 53.1 Å². The van der Waals surface area contributed by atoms with E-state index in [2.05, 4.69) is 51.9 Å². The predicted molar refractivity (Wildman–Crippen MR) is 130 cm³/mol. The predicted octanol–water partition coefficient (Wildman–Crippen LogP) is 5.05. The molecule has 0 aliphatic heterocycles. The number of para-hydroxylation sites is 1. The first-order chi connectivity index (χ1) is 15.1. The lowest BCUT2D eigenvalue weighted by atomic mass is 10.2. The molecule has 0 aliphatic carbocycles. The molecule has 2 aromatic carbocycles. The largest absolute Gasteiger partial charge is 0.496 e. The van der Waals surface area contributed by atoms with Gasteiger partial charge in [-0.1, -0.05) is 82.9 Å². The topological polar surface area (TPSA) is 76.5 Å². The number of hydrogen-bond donors (Lipinski definition) is 1. The van der Waals surface area contributed by atoms with E-state index in [-0.39, 0.29) is 11.7 Å². The van der Waals surface area contributed by atoms with Gasteiger partial charge in [0.2, 0.25) is 0 Å². The third-order valence-corrected chi connectivity index (χ3v) is 7.22. The Morgan fingerprint density at radius 1 is 1.13 bits per heavy atom. The quantitative estimate of drug-likeness (QED) is 0.254. The Kier molecular flexibility index (Phi) is 9.14. The van der Waals surface area contributed by atoms with E-state index < -0.39 is 0 Å². The van der Waals surface area contributed by atoms with E-state index in [9.17, 15) is 4.79 Å². The van der Waals surface area contributed by atoms with Gasteiger partial charge in [-0.3, -0.25) is 4.79 Å². The number of methoxy groups -OCH3 is 1. The fraction of sp³-hybridized carbons (Fsp3) is 0.182. The third-order valence-electron chi connectivity index (χ3n) is 3.96. The van der Waals surface area contributed by atoms with E-state index in [1.165, 1.54) is 40.4 Å². The summed E-state index contributed by atoms with van der Waals surface area (Å²) in [7, 11) is 1.63. The molecule has 0 saturated carbocycles. The smallest absolute Gasteiger partial charge is 0.250 e. The highest BCUT2D eigenvalue weighted by Gasteiger charge is 2.08. The minimum absolute atomic E-state index is 0.198. The van der Waals surface area contributed by atoms with Gasteiger partial charge in [0, 0.05) is 17.5 Å². The molecule has 1 N–H and O–H groups in total. The number of aryl methyl sites for hydroxylation is 1. The SMILES string of the molecule is COc1ccccc1C=CC=NNC(=O)CSc1nnc(SCc2ccc(C)cc2)s1. The van der Waals surface area contributed by atoms with Crippen LogP contribution in [0.5, 0.6) is 5.75 Å². The van der Waals surface area contributed by atoms with Crippen molar-refractivity contribution in [2.24, 2.45) is 5.10 Å². The number of hydrogen-bond acceptors (Lipinski definition) is 8. The number of ether oxygens (including phenoxy) is 1. The molecule has 0 bridgehead atoms. The van der Waals surface area contributed by atoms with Gasteiger partial charge in [-0.2, -0.15) is 5.10 Å². The molecule has 3 rings (SSSR count). The summed E-state index contributed by atoms with van der Waals surface area (Å²) >= 11 is 4.49. The van der Waals surface area contributed by atoms with Gasteiger partial charge in [-0.05, 0) is 30.7 Å². The zero-order valence-corrected chi connectivity index (χ0v) is 19.6. The van der Waals surface area contributed by atoms with E-state index in [1.807, 2.05) is 30.3 Å². The average molecular weight is 471 g/mol. The van der Waals surface area contributed by atoms with Gasteiger partial charge in [0.15, 0.2) is 8.68 Å². The fourth-order valence-electron chi connectivity index (χ4n) is 2.41. The molecular weight excluding hydrogens is 448 g/mol. The van der Waals surface area contributed by atoms with Gasteiger partial charge in [0.25, 0.3) is 5.91 Å². The Balaban J connectivity index is 1.38. The number of hydrazone groups is 1. The maximum Gasteiger partial charge on any atom is 0.250 e. The summed E-state index contributed by atoms with van der Waals surface area (Å²) < 4.78 is 6.94. The summed E-state index contributed by atoms with van der Waals surface area (Å²) in [5.74, 6) is 1.65. The Morgan fingerprint density at radius 2 is 1.87 bits per heavy atom. The summed E-state index contributed by atoms with van der Waals surface area (Å²) in [4.78, 5) is 12.0. The van der Waals surface area contributed by atoms with Crippen LogP contribution in [0.15, 0.2) is 68.4 Å². The molecule has 0 aliphatic rings. The van der Waals surface area contributed by atoms with Crippen LogP contribution < -0.4 is 10.2 Å². The zero-order valence-electron chi connectivity index (χ0n) is 17.1. The van der Waals surface area contributed by atoms with Crippen LogP contribution in [0.4, 0.5) is 0 Å². The maximum atomic E-state index is 12.0. The van der Waals surface area contributed by atoms with Crippen molar-refractivity contribution in [3.05, 3.63) is 71.3 Å². The van der Waals surface area contributed by atoms with Crippen molar-refractivity contribution in [1.82, 2.24) is 15.6 Å². The van der Waals surface area contributed by atoms with Crippen LogP contribution in [0.3, 0.4) is 0 Å². The molecule has 1 amide bonds. The number of amides is 1. The monoisotopic (exact) mass is 470 g/mol. The first kappa shape index (κ1) is 23.1. The molecule has 0 fully saturated rings. The highest BCUT2D eigenvalue weighted by atomic mass is 32.2. The van der Waals surface area contributed by atoms with E-state index in [0.717, 1.165) is 25.7 Å². The van der Waals surface area contributed by atoms with Crippen molar-refractivity contribution in [2.75, 3.05) is 12.9 Å². The molecule has 6 nitrogen and oxygen atoms in total. The molecule has 0 unspecified atom stereocenters. The molecular formula is C22H22N4O2S3. The van der Waals surface area contributed by atoms with Gasteiger partial charge < -0.3 is 4.74 Å². The number of nitrogens with one attached hydrogen (secondary N) is 1. The minimum Gasteiger partial charge on any atom is -0.496 e. The highest BCUT2D eigenvalue weighted by molar-refractivity contribution is 8.03. The Morgan fingerprint density at radius 3 is 2.65 bits per heavy atom. The number of nitrogens with zero attached hydrogens (tertiary/aromatic N) is 3. The maximum absolute atomic E-state index is 12.0. The first-order valence-corrected chi connectivity index (χ1v) is 12.2. The highest BCUT2D eigenvalue weighted by Crippen LogP contribution is 2.30. The molecule has 0 atom stereocenters. The molecule has 31 heavy (non-hydrogen) atoms. The van der Waals surface area contributed by atoms with Crippen molar-refractivity contribution < 1.29 is 9.53 Å². The number of benzene rings is 2. The molecule has 0 radical (unpaired) electrons. The molecule has 160 valence electrons. The van der Waals surface area contributed by atoms with E-state index in [0.29, 0.717) is 0 Å². The first-order valence-electron chi connectivity index (χ1n) is 9.40.